The molecule has 0 aromatic rings. The molecule has 1 saturated carbocycles. The van der Waals surface area contributed by atoms with Crippen LogP contribution in [0.4, 0.5) is 0 Å². The molecule has 6 heteroatoms. The zero-order valence-corrected chi connectivity index (χ0v) is 15.2. The van der Waals surface area contributed by atoms with E-state index in [1.807, 2.05) is 4.90 Å². The maximum atomic E-state index is 13.1. The van der Waals surface area contributed by atoms with E-state index in [1.54, 1.807) is 7.05 Å². The lowest BCUT2D eigenvalue weighted by Gasteiger charge is -2.46. The topological polar surface area (TPSA) is 55.9 Å². The third-order valence-electron chi connectivity index (χ3n) is 6.23. The average molecular weight is 336 g/mol. The number of rotatable bonds is 3. The third kappa shape index (κ3) is 3.18. The first-order valence-electron chi connectivity index (χ1n) is 9.55. The van der Waals surface area contributed by atoms with E-state index in [2.05, 4.69) is 22.2 Å². The van der Waals surface area contributed by atoms with Crippen LogP contribution in [0.3, 0.4) is 0 Å². The normalized spacial score (nSPS) is 28.8. The fourth-order valence-electron chi connectivity index (χ4n) is 4.79. The molecule has 1 aliphatic carbocycles. The Labute approximate surface area is 145 Å². The van der Waals surface area contributed by atoms with Gasteiger partial charge in [0.2, 0.25) is 11.8 Å². The first-order valence-corrected chi connectivity index (χ1v) is 9.55. The summed E-state index contributed by atoms with van der Waals surface area (Å²) in [4.78, 5) is 32.5. The Kier molecular flexibility index (Phi) is 5.45. The second kappa shape index (κ2) is 7.40. The molecule has 24 heavy (non-hydrogen) atoms. The molecule has 136 valence electrons. The van der Waals surface area contributed by atoms with Crippen LogP contribution in [-0.4, -0.2) is 84.9 Å². The molecule has 2 amide bonds. The van der Waals surface area contributed by atoms with Crippen LogP contribution in [0.25, 0.3) is 0 Å². The summed E-state index contributed by atoms with van der Waals surface area (Å²) < 4.78 is 0. The van der Waals surface area contributed by atoms with Gasteiger partial charge in [-0.25, -0.2) is 0 Å². The van der Waals surface area contributed by atoms with Gasteiger partial charge in [0.15, 0.2) is 0 Å². The predicted octanol–water partition coefficient (Wildman–Crippen LogP) is 0.674. The minimum Gasteiger partial charge on any atom is -0.358 e. The average Bonchev–Trinajstić information content (AvgIpc) is 3.12. The first kappa shape index (κ1) is 17.7. The van der Waals surface area contributed by atoms with Crippen LogP contribution in [0.15, 0.2) is 0 Å². The summed E-state index contributed by atoms with van der Waals surface area (Å²) in [5.74, 6) is 0.356. The Morgan fingerprint density at radius 1 is 0.958 bits per heavy atom. The van der Waals surface area contributed by atoms with Gasteiger partial charge in [-0.05, 0) is 32.7 Å². The lowest BCUT2D eigenvalue weighted by molar-refractivity contribution is -0.146. The molecule has 3 fully saturated rings. The zero-order chi connectivity index (χ0) is 17.2. The monoisotopic (exact) mass is 336 g/mol. The highest BCUT2D eigenvalue weighted by molar-refractivity contribution is 5.88. The maximum absolute atomic E-state index is 13.1. The minimum atomic E-state index is -0.462. The van der Waals surface area contributed by atoms with Crippen molar-refractivity contribution in [3.8, 4) is 0 Å². The molecule has 6 nitrogen and oxygen atoms in total. The summed E-state index contributed by atoms with van der Waals surface area (Å²) in [6, 6.07) is -0.108. The molecular formula is C18H32N4O2. The Hall–Kier alpha value is -1.14. The predicted molar refractivity (Wildman–Crippen MR) is 93.7 cm³/mol. The molecule has 1 N–H and O–H groups in total. The van der Waals surface area contributed by atoms with Crippen LogP contribution >= 0.6 is 0 Å². The van der Waals surface area contributed by atoms with Gasteiger partial charge in [0.25, 0.3) is 0 Å². The van der Waals surface area contributed by atoms with Gasteiger partial charge in [0, 0.05) is 39.8 Å². The number of nitrogens with one attached hydrogen (secondary N) is 1. The zero-order valence-electron chi connectivity index (χ0n) is 15.2. The van der Waals surface area contributed by atoms with Crippen molar-refractivity contribution >= 4 is 11.8 Å². The van der Waals surface area contributed by atoms with Crippen molar-refractivity contribution in [3.63, 3.8) is 0 Å². The van der Waals surface area contributed by atoms with Crippen molar-refractivity contribution in [1.82, 2.24) is 20.0 Å². The smallest absolute Gasteiger partial charge is 0.240 e. The Morgan fingerprint density at radius 2 is 1.62 bits per heavy atom. The molecule has 0 spiro atoms. The first-order chi connectivity index (χ1) is 11.6. The van der Waals surface area contributed by atoms with Crippen LogP contribution in [-0.2, 0) is 9.59 Å². The van der Waals surface area contributed by atoms with Crippen molar-refractivity contribution < 1.29 is 9.59 Å². The van der Waals surface area contributed by atoms with E-state index in [0.29, 0.717) is 0 Å². The number of likely N-dealkylation sites (N-methyl/N-ethyl adjacent to an activating group) is 2. The van der Waals surface area contributed by atoms with Crippen molar-refractivity contribution in [2.75, 3.05) is 46.8 Å². The van der Waals surface area contributed by atoms with Gasteiger partial charge in [0.1, 0.15) is 5.54 Å². The summed E-state index contributed by atoms with van der Waals surface area (Å²) in [6.07, 6.45) is 7.05. The number of likely N-dealkylation sites (tertiary alicyclic amines) is 1. The summed E-state index contributed by atoms with van der Waals surface area (Å²) in [5, 5.41) is 2.89. The van der Waals surface area contributed by atoms with Crippen LogP contribution < -0.4 is 5.32 Å². The Balaban J connectivity index is 1.78. The molecular weight excluding hydrogens is 304 g/mol. The van der Waals surface area contributed by atoms with E-state index in [0.717, 1.165) is 71.2 Å². The molecule has 3 aliphatic rings. The van der Waals surface area contributed by atoms with Crippen LogP contribution in [0.1, 0.15) is 44.9 Å². The molecule has 0 unspecified atom stereocenters. The van der Waals surface area contributed by atoms with E-state index < -0.39 is 5.54 Å². The van der Waals surface area contributed by atoms with E-state index in [1.165, 1.54) is 6.42 Å². The fourth-order valence-corrected chi connectivity index (χ4v) is 4.79. The molecule has 0 radical (unpaired) electrons. The van der Waals surface area contributed by atoms with Crippen molar-refractivity contribution in [3.05, 3.63) is 0 Å². The molecule has 3 rings (SSSR count). The second-order valence-electron chi connectivity index (χ2n) is 7.65. The van der Waals surface area contributed by atoms with Gasteiger partial charge in [0.05, 0.1) is 6.04 Å². The number of carbonyl (C=O) groups excluding carboxylic acids is 2. The molecule has 0 bridgehead atoms. The molecule has 2 heterocycles. The van der Waals surface area contributed by atoms with Crippen molar-refractivity contribution in [2.45, 2.75) is 56.5 Å². The van der Waals surface area contributed by atoms with Gasteiger partial charge < -0.3 is 15.1 Å². The maximum Gasteiger partial charge on any atom is 0.240 e. The lowest BCUT2D eigenvalue weighted by Crippen LogP contribution is -2.63. The number of carbonyl (C=O) groups is 2. The van der Waals surface area contributed by atoms with Gasteiger partial charge in [-0.2, -0.15) is 0 Å². The highest BCUT2D eigenvalue weighted by Crippen LogP contribution is 2.39. The lowest BCUT2D eigenvalue weighted by atomic mass is 9.79. The standard InChI is InChI=1S/C18H32N4O2/c1-19-17(24)18(8-4-3-5-9-18)22-10-6-7-15(22)16(23)21-13-11-20(2)12-14-21/h15H,3-14H2,1-2H3,(H,19,24)/t15-/m0/s1. The molecule has 1 atom stereocenters. The molecule has 2 aliphatic heterocycles. The van der Waals surface area contributed by atoms with Gasteiger partial charge >= 0.3 is 0 Å². The SMILES string of the molecule is CNC(=O)C1(N2CCC[C@H]2C(=O)N2CCN(C)CC2)CCCCC1. The van der Waals surface area contributed by atoms with Crippen LogP contribution in [0.2, 0.25) is 0 Å². The fraction of sp³-hybridized carbons (Fsp3) is 0.889. The Morgan fingerprint density at radius 3 is 2.25 bits per heavy atom. The van der Waals surface area contributed by atoms with Crippen molar-refractivity contribution in [2.24, 2.45) is 0 Å². The number of amides is 2. The third-order valence-corrected chi connectivity index (χ3v) is 6.23. The number of hydrogen-bond donors (Lipinski definition) is 1. The van der Waals surface area contributed by atoms with E-state index in [4.69, 9.17) is 0 Å². The van der Waals surface area contributed by atoms with Gasteiger partial charge in [-0.1, -0.05) is 19.3 Å². The minimum absolute atomic E-state index is 0.108. The van der Waals surface area contributed by atoms with E-state index in [-0.39, 0.29) is 17.9 Å². The molecule has 2 saturated heterocycles. The van der Waals surface area contributed by atoms with Gasteiger partial charge in [-0.3, -0.25) is 14.5 Å². The summed E-state index contributed by atoms with van der Waals surface area (Å²) in [7, 11) is 3.83. The second-order valence-corrected chi connectivity index (χ2v) is 7.65. The van der Waals surface area contributed by atoms with Crippen molar-refractivity contribution in [1.29, 1.82) is 0 Å². The Bertz CT molecular complexity index is 468. The molecule has 0 aromatic carbocycles. The highest BCUT2D eigenvalue weighted by Gasteiger charge is 2.50. The summed E-state index contributed by atoms with van der Waals surface area (Å²) in [5.41, 5.74) is -0.462. The number of nitrogens with zero attached hydrogens (tertiary/aromatic N) is 3. The van der Waals surface area contributed by atoms with E-state index in [9.17, 15) is 9.59 Å². The summed E-state index contributed by atoms with van der Waals surface area (Å²) in [6.45, 7) is 4.38. The number of piperazine rings is 1. The summed E-state index contributed by atoms with van der Waals surface area (Å²) >= 11 is 0. The highest BCUT2D eigenvalue weighted by atomic mass is 16.2. The molecule has 0 aromatic heterocycles. The van der Waals surface area contributed by atoms with Gasteiger partial charge in [-0.15, -0.1) is 0 Å². The number of hydrogen-bond acceptors (Lipinski definition) is 4. The van der Waals surface area contributed by atoms with Crippen LogP contribution in [0, 0.1) is 0 Å². The quantitative estimate of drug-likeness (QED) is 0.823. The van der Waals surface area contributed by atoms with E-state index >= 15 is 0 Å². The van der Waals surface area contributed by atoms with Crippen LogP contribution in [0.5, 0.6) is 0 Å². The largest absolute Gasteiger partial charge is 0.358 e.